The Balaban J connectivity index is 1.99. The van der Waals surface area contributed by atoms with E-state index >= 15 is 0 Å². The van der Waals surface area contributed by atoms with Crippen LogP contribution in [-0.4, -0.2) is 4.98 Å². The number of anilines is 1. The fourth-order valence-corrected chi connectivity index (χ4v) is 1.85. The molecule has 1 N–H and O–H groups in total. The van der Waals surface area contributed by atoms with E-state index in [1.54, 1.807) is 0 Å². The normalized spacial score (nSPS) is 9.93. The van der Waals surface area contributed by atoms with E-state index in [0.29, 0.717) is 0 Å². The molecule has 0 atom stereocenters. The minimum Gasteiger partial charge on any atom is -0.381 e. The van der Waals surface area contributed by atoms with E-state index in [4.69, 9.17) is 0 Å². The monoisotopic (exact) mass is 310 g/mol. The number of benzene rings is 1. The molecule has 0 aliphatic carbocycles. The van der Waals surface area contributed by atoms with E-state index in [2.05, 4.69) is 57.2 Å². The summed E-state index contributed by atoms with van der Waals surface area (Å²) in [5, 5.41) is 3.37. The molecule has 2 rings (SSSR count). The van der Waals surface area contributed by atoms with Crippen molar-refractivity contribution in [3.05, 3.63) is 57.9 Å². The molecule has 2 aromatic rings. The Morgan fingerprint density at radius 1 is 1.13 bits per heavy atom. The molecule has 1 heterocycles. The van der Waals surface area contributed by atoms with Crippen LogP contribution in [0, 0.1) is 3.57 Å². The van der Waals surface area contributed by atoms with E-state index < -0.39 is 0 Å². The lowest BCUT2D eigenvalue weighted by molar-refractivity contribution is 1.13. The van der Waals surface area contributed by atoms with Crippen LogP contribution in [0.25, 0.3) is 0 Å². The van der Waals surface area contributed by atoms with Crippen LogP contribution in [-0.2, 0) is 6.54 Å². The Hall–Kier alpha value is -1.10. The molecule has 0 aliphatic heterocycles. The smallest absolute Gasteiger partial charge is 0.0401 e. The van der Waals surface area contributed by atoms with Crippen molar-refractivity contribution in [2.24, 2.45) is 0 Å². The molecule has 0 bridgehead atoms. The number of pyridine rings is 1. The predicted octanol–water partition coefficient (Wildman–Crippen LogP) is 3.30. The Labute approximate surface area is 103 Å². The second-order valence-corrected chi connectivity index (χ2v) is 4.46. The number of aromatic nitrogens is 1. The minimum atomic E-state index is 0.836. The van der Waals surface area contributed by atoms with Gasteiger partial charge in [0.05, 0.1) is 0 Å². The highest BCUT2D eigenvalue weighted by atomic mass is 127. The summed E-state index contributed by atoms with van der Waals surface area (Å²) in [7, 11) is 0. The first-order valence-corrected chi connectivity index (χ1v) is 5.81. The molecule has 2 nitrogen and oxygen atoms in total. The number of halogens is 1. The minimum absolute atomic E-state index is 0.836. The quantitative estimate of drug-likeness (QED) is 0.880. The lowest BCUT2D eigenvalue weighted by Crippen LogP contribution is -1.99. The lowest BCUT2D eigenvalue weighted by Gasteiger charge is -2.06. The molecule has 3 heteroatoms. The van der Waals surface area contributed by atoms with Gasteiger partial charge in [0.15, 0.2) is 0 Å². The maximum absolute atomic E-state index is 3.99. The Kier molecular flexibility index (Phi) is 3.55. The van der Waals surface area contributed by atoms with Crippen LogP contribution in [0.1, 0.15) is 5.56 Å². The van der Waals surface area contributed by atoms with E-state index in [9.17, 15) is 0 Å². The van der Waals surface area contributed by atoms with Crippen LogP contribution in [0.15, 0.2) is 48.8 Å². The van der Waals surface area contributed by atoms with Crippen LogP contribution in [0.4, 0.5) is 5.69 Å². The van der Waals surface area contributed by atoms with Crippen molar-refractivity contribution in [1.82, 2.24) is 4.98 Å². The van der Waals surface area contributed by atoms with Gasteiger partial charge in [0, 0.05) is 28.2 Å². The molecule has 0 fully saturated rings. The Morgan fingerprint density at radius 3 is 2.67 bits per heavy atom. The third-order valence-corrected chi connectivity index (χ3v) is 2.74. The summed E-state index contributed by atoms with van der Waals surface area (Å²) in [5.41, 5.74) is 2.39. The van der Waals surface area contributed by atoms with E-state index in [-0.39, 0.29) is 0 Å². The van der Waals surface area contributed by atoms with Gasteiger partial charge in [-0.2, -0.15) is 0 Å². The van der Waals surface area contributed by atoms with Gasteiger partial charge in [0.25, 0.3) is 0 Å². The largest absolute Gasteiger partial charge is 0.381 e. The second kappa shape index (κ2) is 5.11. The van der Waals surface area contributed by atoms with Crippen LogP contribution < -0.4 is 5.32 Å². The number of nitrogens with one attached hydrogen (secondary N) is 1. The van der Waals surface area contributed by atoms with Crippen LogP contribution in [0.5, 0.6) is 0 Å². The van der Waals surface area contributed by atoms with Crippen molar-refractivity contribution in [2.45, 2.75) is 6.54 Å². The van der Waals surface area contributed by atoms with Crippen molar-refractivity contribution in [1.29, 1.82) is 0 Å². The van der Waals surface area contributed by atoms with Crippen molar-refractivity contribution >= 4 is 28.3 Å². The number of rotatable bonds is 3. The van der Waals surface area contributed by atoms with Gasteiger partial charge >= 0.3 is 0 Å². The highest BCUT2D eigenvalue weighted by Crippen LogP contribution is 2.13. The molecule has 0 saturated carbocycles. The summed E-state index contributed by atoms with van der Waals surface area (Å²) in [6.07, 6.45) is 3.62. The summed E-state index contributed by atoms with van der Waals surface area (Å²) in [4.78, 5) is 3.99. The number of nitrogens with zero attached hydrogens (tertiary/aromatic N) is 1. The number of hydrogen-bond donors (Lipinski definition) is 1. The average Bonchev–Trinajstić information content (AvgIpc) is 2.28. The van der Waals surface area contributed by atoms with Crippen molar-refractivity contribution in [2.75, 3.05) is 5.32 Å². The van der Waals surface area contributed by atoms with E-state index in [1.807, 2.05) is 24.5 Å². The lowest BCUT2D eigenvalue weighted by atomic mass is 10.2. The van der Waals surface area contributed by atoms with Crippen molar-refractivity contribution in [3.63, 3.8) is 0 Å². The van der Waals surface area contributed by atoms with Gasteiger partial charge in [-0.3, -0.25) is 4.98 Å². The van der Waals surface area contributed by atoms with Crippen LogP contribution >= 0.6 is 22.6 Å². The molecule has 76 valence electrons. The van der Waals surface area contributed by atoms with Gasteiger partial charge in [-0.25, -0.2) is 0 Å². The van der Waals surface area contributed by atoms with Crippen molar-refractivity contribution < 1.29 is 0 Å². The maximum atomic E-state index is 3.99. The molecule has 0 unspecified atom stereocenters. The maximum Gasteiger partial charge on any atom is 0.0401 e. The predicted molar refractivity (Wildman–Crippen MR) is 70.7 cm³/mol. The summed E-state index contributed by atoms with van der Waals surface area (Å²) in [6.45, 7) is 0.836. The summed E-state index contributed by atoms with van der Waals surface area (Å²) in [5.74, 6) is 0. The fraction of sp³-hybridized carbons (Fsp3) is 0.0833. The molecular formula is C12H11IN2. The molecule has 0 amide bonds. The van der Waals surface area contributed by atoms with Gasteiger partial charge in [-0.15, -0.1) is 0 Å². The average molecular weight is 310 g/mol. The highest BCUT2D eigenvalue weighted by Gasteiger charge is 1.93. The Morgan fingerprint density at radius 2 is 1.93 bits per heavy atom. The first-order chi connectivity index (χ1) is 7.34. The third-order valence-electron chi connectivity index (χ3n) is 2.07. The van der Waals surface area contributed by atoms with Gasteiger partial charge in [0.1, 0.15) is 0 Å². The number of hydrogen-bond acceptors (Lipinski definition) is 2. The summed E-state index contributed by atoms with van der Waals surface area (Å²) in [6, 6.07) is 12.4. The standard InChI is InChI=1S/C12H11IN2/c13-11-2-1-3-12(8-11)15-9-10-4-6-14-7-5-10/h1-8,15H,9H2. The zero-order chi connectivity index (χ0) is 10.5. The van der Waals surface area contributed by atoms with E-state index in [0.717, 1.165) is 12.2 Å². The van der Waals surface area contributed by atoms with Gasteiger partial charge < -0.3 is 5.32 Å². The SMILES string of the molecule is Ic1cccc(NCc2ccncc2)c1. The summed E-state index contributed by atoms with van der Waals surface area (Å²) >= 11 is 2.31. The molecule has 0 aliphatic rings. The van der Waals surface area contributed by atoms with Crippen LogP contribution in [0.3, 0.4) is 0 Å². The summed E-state index contributed by atoms with van der Waals surface area (Å²) < 4.78 is 1.24. The first kappa shape index (κ1) is 10.4. The molecular weight excluding hydrogens is 299 g/mol. The fourth-order valence-electron chi connectivity index (χ4n) is 1.30. The van der Waals surface area contributed by atoms with E-state index in [1.165, 1.54) is 9.13 Å². The molecule has 0 saturated heterocycles. The third kappa shape index (κ3) is 3.20. The van der Waals surface area contributed by atoms with Crippen molar-refractivity contribution in [3.8, 4) is 0 Å². The zero-order valence-corrected chi connectivity index (χ0v) is 10.3. The molecule has 1 aromatic heterocycles. The van der Waals surface area contributed by atoms with Gasteiger partial charge in [-0.05, 0) is 58.5 Å². The second-order valence-electron chi connectivity index (χ2n) is 3.22. The zero-order valence-electron chi connectivity index (χ0n) is 8.15. The van der Waals surface area contributed by atoms with Gasteiger partial charge in [-0.1, -0.05) is 6.07 Å². The first-order valence-electron chi connectivity index (χ1n) is 4.73. The van der Waals surface area contributed by atoms with Crippen LogP contribution in [0.2, 0.25) is 0 Å². The molecule has 0 spiro atoms. The molecule has 0 radical (unpaired) electrons. The highest BCUT2D eigenvalue weighted by molar-refractivity contribution is 14.1. The topological polar surface area (TPSA) is 24.9 Å². The molecule has 1 aromatic carbocycles. The van der Waals surface area contributed by atoms with Gasteiger partial charge in [0.2, 0.25) is 0 Å². The molecule has 15 heavy (non-hydrogen) atoms. The Bertz CT molecular complexity index is 429.